The van der Waals surface area contributed by atoms with Crippen molar-refractivity contribution in [2.45, 2.75) is 110 Å². The summed E-state index contributed by atoms with van der Waals surface area (Å²) < 4.78 is 0. The summed E-state index contributed by atoms with van der Waals surface area (Å²) in [6.07, 6.45) is 14.1. The van der Waals surface area contributed by atoms with Crippen LogP contribution < -0.4 is 5.32 Å². The van der Waals surface area contributed by atoms with Crippen molar-refractivity contribution in [1.82, 2.24) is 10.2 Å². The molecule has 1 fully saturated rings. The Balaban J connectivity index is 1.98. The first-order valence-electron chi connectivity index (χ1n) is 11.6. The lowest BCUT2D eigenvalue weighted by atomic mass is 9.96. The highest BCUT2D eigenvalue weighted by atomic mass is 16.3. The van der Waals surface area contributed by atoms with Crippen LogP contribution in [0.3, 0.4) is 0 Å². The lowest BCUT2D eigenvalue weighted by molar-refractivity contribution is 0.0817. The third-order valence-electron chi connectivity index (χ3n) is 5.83. The monoisotopic (exact) mass is 368 g/mol. The van der Waals surface area contributed by atoms with E-state index < -0.39 is 0 Å². The van der Waals surface area contributed by atoms with E-state index in [4.69, 9.17) is 0 Å². The molecule has 0 radical (unpaired) electrons. The molecule has 3 heteroatoms. The first kappa shape index (κ1) is 23.9. The minimum atomic E-state index is -0.0383. The second-order valence-corrected chi connectivity index (χ2v) is 9.43. The van der Waals surface area contributed by atoms with Crippen LogP contribution in [0.25, 0.3) is 0 Å². The molecule has 0 saturated carbocycles. The number of hydrogen-bond acceptors (Lipinski definition) is 3. The summed E-state index contributed by atoms with van der Waals surface area (Å²) in [5.74, 6) is 1.64. The van der Waals surface area contributed by atoms with Gasteiger partial charge in [0.25, 0.3) is 0 Å². The molecule has 0 aromatic rings. The highest BCUT2D eigenvalue weighted by Crippen LogP contribution is 2.15. The predicted octanol–water partition coefficient (Wildman–Crippen LogP) is 5.22. The molecule has 1 heterocycles. The number of aliphatic hydroxyl groups is 1. The molecule has 2 N–H and O–H groups in total. The molecule has 1 aliphatic rings. The van der Waals surface area contributed by atoms with Gasteiger partial charge in [-0.3, -0.25) is 0 Å². The van der Waals surface area contributed by atoms with E-state index in [9.17, 15) is 5.11 Å². The molecular formula is C23H48N2O. The van der Waals surface area contributed by atoms with E-state index in [0.717, 1.165) is 43.8 Å². The molecule has 26 heavy (non-hydrogen) atoms. The lowest BCUT2D eigenvalue weighted by Crippen LogP contribution is -2.36. The third-order valence-corrected chi connectivity index (χ3v) is 5.83. The number of likely N-dealkylation sites (tertiary alicyclic amines) is 1. The summed E-state index contributed by atoms with van der Waals surface area (Å²) in [4.78, 5) is 2.53. The van der Waals surface area contributed by atoms with E-state index in [2.05, 4.69) is 37.9 Å². The third kappa shape index (κ3) is 13.1. The van der Waals surface area contributed by atoms with E-state index in [-0.39, 0.29) is 6.10 Å². The van der Waals surface area contributed by atoms with Crippen molar-refractivity contribution in [1.29, 1.82) is 0 Å². The topological polar surface area (TPSA) is 35.5 Å². The molecule has 156 valence electrons. The van der Waals surface area contributed by atoms with E-state index in [1.54, 1.807) is 0 Å². The van der Waals surface area contributed by atoms with Crippen LogP contribution in [-0.2, 0) is 0 Å². The van der Waals surface area contributed by atoms with Crippen molar-refractivity contribution in [2.24, 2.45) is 11.8 Å². The van der Waals surface area contributed by atoms with Gasteiger partial charge in [-0.15, -0.1) is 0 Å². The smallest absolute Gasteiger partial charge is 0.0564 e. The van der Waals surface area contributed by atoms with Gasteiger partial charge in [-0.2, -0.15) is 0 Å². The Kier molecular flexibility index (Phi) is 13.7. The normalized spacial score (nSPS) is 17.1. The Morgan fingerprint density at radius 1 is 0.808 bits per heavy atom. The maximum Gasteiger partial charge on any atom is 0.0564 e. The molecule has 1 saturated heterocycles. The van der Waals surface area contributed by atoms with Crippen molar-refractivity contribution >= 4 is 0 Å². The molecule has 0 aliphatic carbocycles. The fourth-order valence-corrected chi connectivity index (χ4v) is 3.86. The Labute approximate surface area is 164 Å². The number of nitrogens with one attached hydrogen (secondary N) is 1. The van der Waals surface area contributed by atoms with Gasteiger partial charge in [0, 0.05) is 19.1 Å². The molecule has 1 rings (SSSR count). The number of unbranched alkanes of at least 4 members (excludes halogenated alkanes) is 4. The fourth-order valence-electron chi connectivity index (χ4n) is 3.86. The number of rotatable bonds is 15. The quantitative estimate of drug-likeness (QED) is 0.389. The number of nitrogens with zero attached hydrogens (tertiary/aromatic N) is 1. The Morgan fingerprint density at radius 2 is 1.35 bits per heavy atom. The zero-order valence-corrected chi connectivity index (χ0v) is 18.3. The Bertz CT molecular complexity index is 299. The van der Waals surface area contributed by atoms with E-state index in [0.29, 0.717) is 0 Å². The predicted molar refractivity (Wildman–Crippen MR) is 115 cm³/mol. The van der Waals surface area contributed by atoms with Gasteiger partial charge in [-0.05, 0) is 76.3 Å². The van der Waals surface area contributed by atoms with Crippen molar-refractivity contribution in [3.8, 4) is 0 Å². The van der Waals surface area contributed by atoms with Gasteiger partial charge in [0.15, 0.2) is 0 Å². The standard InChI is InChI=1S/C23H48N2O/c1-20(2)10-12-22(13-11-21(3)4)24-16-8-6-5-7-9-17-25-18-14-23(26)15-19-25/h20-24,26H,5-19H2,1-4H3. The van der Waals surface area contributed by atoms with Crippen LogP contribution in [0.15, 0.2) is 0 Å². The zero-order chi connectivity index (χ0) is 19.2. The zero-order valence-electron chi connectivity index (χ0n) is 18.3. The summed E-state index contributed by atoms with van der Waals surface area (Å²) in [5.41, 5.74) is 0. The molecule has 1 aliphatic heterocycles. The van der Waals surface area contributed by atoms with Crippen LogP contribution in [0.5, 0.6) is 0 Å². The summed E-state index contributed by atoms with van der Waals surface area (Å²) in [7, 11) is 0. The van der Waals surface area contributed by atoms with Gasteiger partial charge in [0.05, 0.1) is 6.10 Å². The fraction of sp³-hybridized carbons (Fsp3) is 1.00. The minimum absolute atomic E-state index is 0.0383. The molecule has 0 unspecified atom stereocenters. The average Bonchev–Trinajstić information content (AvgIpc) is 2.60. The largest absolute Gasteiger partial charge is 0.393 e. The number of aliphatic hydroxyl groups excluding tert-OH is 1. The SMILES string of the molecule is CC(C)CCC(CCC(C)C)NCCCCCCCN1CCC(O)CC1. The summed E-state index contributed by atoms with van der Waals surface area (Å²) in [6, 6.07) is 0.731. The van der Waals surface area contributed by atoms with Crippen molar-refractivity contribution in [2.75, 3.05) is 26.2 Å². The van der Waals surface area contributed by atoms with Crippen LogP contribution >= 0.6 is 0 Å². The maximum absolute atomic E-state index is 9.55. The molecule has 0 aromatic heterocycles. The van der Waals surface area contributed by atoms with Gasteiger partial charge in [0.2, 0.25) is 0 Å². The minimum Gasteiger partial charge on any atom is -0.393 e. The van der Waals surface area contributed by atoms with Gasteiger partial charge in [-0.25, -0.2) is 0 Å². The highest BCUT2D eigenvalue weighted by molar-refractivity contribution is 4.71. The van der Waals surface area contributed by atoms with Crippen LogP contribution in [0.2, 0.25) is 0 Å². The summed E-state index contributed by atoms with van der Waals surface area (Å²) in [5, 5.41) is 13.4. The molecular weight excluding hydrogens is 320 g/mol. The van der Waals surface area contributed by atoms with Gasteiger partial charge >= 0.3 is 0 Å². The second-order valence-electron chi connectivity index (χ2n) is 9.43. The van der Waals surface area contributed by atoms with Crippen LogP contribution in [0.1, 0.15) is 98.3 Å². The summed E-state index contributed by atoms with van der Waals surface area (Å²) >= 11 is 0. The van der Waals surface area contributed by atoms with E-state index in [1.165, 1.54) is 70.9 Å². The highest BCUT2D eigenvalue weighted by Gasteiger charge is 2.15. The Morgan fingerprint density at radius 3 is 1.92 bits per heavy atom. The molecule has 0 atom stereocenters. The van der Waals surface area contributed by atoms with Crippen molar-refractivity contribution < 1.29 is 5.11 Å². The van der Waals surface area contributed by atoms with E-state index >= 15 is 0 Å². The van der Waals surface area contributed by atoms with Crippen molar-refractivity contribution in [3.63, 3.8) is 0 Å². The van der Waals surface area contributed by atoms with Crippen LogP contribution in [0.4, 0.5) is 0 Å². The van der Waals surface area contributed by atoms with Crippen molar-refractivity contribution in [3.05, 3.63) is 0 Å². The molecule has 0 bridgehead atoms. The first-order chi connectivity index (χ1) is 12.5. The van der Waals surface area contributed by atoms with Gasteiger partial charge < -0.3 is 15.3 Å². The van der Waals surface area contributed by atoms with Crippen LogP contribution in [0, 0.1) is 11.8 Å². The molecule has 0 aromatic carbocycles. The number of hydrogen-bond donors (Lipinski definition) is 2. The molecule has 3 nitrogen and oxygen atoms in total. The molecule has 0 amide bonds. The van der Waals surface area contributed by atoms with Gasteiger partial charge in [-0.1, -0.05) is 47.0 Å². The molecule has 0 spiro atoms. The van der Waals surface area contributed by atoms with Gasteiger partial charge in [0.1, 0.15) is 0 Å². The number of piperidine rings is 1. The van der Waals surface area contributed by atoms with E-state index in [1.807, 2.05) is 0 Å². The second kappa shape index (κ2) is 14.9. The first-order valence-corrected chi connectivity index (χ1v) is 11.6. The maximum atomic E-state index is 9.55. The average molecular weight is 369 g/mol. The Hall–Kier alpha value is -0.120. The lowest BCUT2D eigenvalue weighted by Gasteiger charge is -2.29. The summed E-state index contributed by atoms with van der Waals surface area (Å²) in [6.45, 7) is 14.0. The van der Waals surface area contributed by atoms with Crippen LogP contribution in [-0.4, -0.2) is 48.3 Å².